The average Bonchev–Trinajstić information content (AvgIpc) is 3.08. The van der Waals surface area contributed by atoms with Crippen molar-refractivity contribution in [1.82, 2.24) is 19.9 Å². The Balaban J connectivity index is 1.74. The highest BCUT2D eigenvalue weighted by atomic mass is 16.4. The van der Waals surface area contributed by atoms with E-state index in [0.29, 0.717) is 5.82 Å². The van der Waals surface area contributed by atoms with Crippen LogP contribution in [0.5, 0.6) is 0 Å². The van der Waals surface area contributed by atoms with Gasteiger partial charge in [-0.3, -0.25) is 0 Å². The zero-order valence-electron chi connectivity index (χ0n) is 13.0. The summed E-state index contributed by atoms with van der Waals surface area (Å²) in [6, 6.07) is 11.3. The Bertz CT molecular complexity index is 1120. The Morgan fingerprint density at radius 3 is 2.88 bits per heavy atom. The molecule has 2 heterocycles. The van der Waals surface area contributed by atoms with Crippen LogP contribution in [0.3, 0.4) is 0 Å². The van der Waals surface area contributed by atoms with E-state index in [4.69, 9.17) is 5.11 Å². The van der Waals surface area contributed by atoms with Gasteiger partial charge in [-0.05, 0) is 42.0 Å². The number of benzene rings is 2. The molecular weight excluding hydrogens is 318 g/mol. The molecule has 4 aromatic rings. The fraction of sp³-hybridized carbons (Fsp3) is 0. The van der Waals surface area contributed by atoms with Gasteiger partial charge in [0, 0.05) is 17.1 Å². The van der Waals surface area contributed by atoms with E-state index in [1.807, 2.05) is 36.4 Å². The van der Waals surface area contributed by atoms with Crippen molar-refractivity contribution in [2.45, 2.75) is 0 Å². The second-order valence-corrected chi connectivity index (χ2v) is 5.43. The summed E-state index contributed by atoms with van der Waals surface area (Å²) in [5.41, 5.74) is 4.19. The van der Waals surface area contributed by atoms with Crippen LogP contribution in [-0.2, 0) is 4.79 Å². The molecule has 0 saturated heterocycles. The number of aromatic nitrogens is 4. The molecule has 2 aromatic heterocycles. The largest absolute Gasteiger partial charge is 0.478 e. The van der Waals surface area contributed by atoms with Gasteiger partial charge in [-0.25, -0.2) is 19.7 Å². The minimum absolute atomic E-state index is 0.644. The van der Waals surface area contributed by atoms with Crippen molar-refractivity contribution < 1.29 is 9.90 Å². The maximum absolute atomic E-state index is 10.7. The van der Waals surface area contributed by atoms with Gasteiger partial charge in [0.25, 0.3) is 0 Å². The lowest BCUT2D eigenvalue weighted by molar-refractivity contribution is -0.131. The highest BCUT2D eigenvalue weighted by Gasteiger charge is 2.06. The summed E-state index contributed by atoms with van der Waals surface area (Å²) >= 11 is 0. The molecule has 0 spiro atoms. The van der Waals surface area contributed by atoms with Crippen molar-refractivity contribution in [3.8, 4) is 0 Å². The van der Waals surface area contributed by atoms with Gasteiger partial charge >= 0.3 is 5.97 Å². The lowest BCUT2D eigenvalue weighted by atomic mass is 10.1. The SMILES string of the molecule is O=C(O)C=Cc1ccc2ncnc(Nc3ccc4[nH]cnc4c3)c2c1. The predicted octanol–water partition coefficient (Wildman–Crippen LogP) is 3.35. The van der Waals surface area contributed by atoms with E-state index < -0.39 is 5.97 Å². The van der Waals surface area contributed by atoms with Crippen LogP contribution in [0.2, 0.25) is 0 Å². The number of carboxylic acid groups (broad SMARTS) is 1. The maximum atomic E-state index is 10.7. The smallest absolute Gasteiger partial charge is 0.328 e. The Hall–Kier alpha value is -3.74. The average molecular weight is 331 g/mol. The van der Waals surface area contributed by atoms with E-state index >= 15 is 0 Å². The van der Waals surface area contributed by atoms with Crippen LogP contribution >= 0.6 is 0 Å². The molecule has 4 rings (SSSR count). The number of fused-ring (bicyclic) bond motifs is 2. The first-order chi connectivity index (χ1) is 12.2. The summed E-state index contributed by atoms with van der Waals surface area (Å²) in [5, 5.41) is 12.9. The molecule has 25 heavy (non-hydrogen) atoms. The molecule has 0 fully saturated rings. The van der Waals surface area contributed by atoms with Crippen molar-refractivity contribution in [2.75, 3.05) is 5.32 Å². The van der Waals surface area contributed by atoms with Crippen LogP contribution in [0, 0.1) is 0 Å². The number of imidazole rings is 1. The topological polar surface area (TPSA) is 104 Å². The van der Waals surface area contributed by atoms with Crippen LogP contribution < -0.4 is 5.32 Å². The van der Waals surface area contributed by atoms with E-state index in [0.717, 1.165) is 39.3 Å². The van der Waals surface area contributed by atoms with Gasteiger partial charge < -0.3 is 15.4 Å². The summed E-state index contributed by atoms with van der Waals surface area (Å²) in [5.74, 6) is -0.347. The van der Waals surface area contributed by atoms with Gasteiger partial charge in [0.1, 0.15) is 12.1 Å². The van der Waals surface area contributed by atoms with Crippen molar-refractivity contribution in [3.63, 3.8) is 0 Å². The molecule has 122 valence electrons. The van der Waals surface area contributed by atoms with Gasteiger partial charge in [0.15, 0.2) is 0 Å². The highest BCUT2D eigenvalue weighted by Crippen LogP contribution is 2.25. The molecule has 2 aromatic carbocycles. The first kappa shape index (κ1) is 14.8. The highest BCUT2D eigenvalue weighted by molar-refractivity contribution is 5.94. The lowest BCUT2D eigenvalue weighted by Gasteiger charge is -2.09. The fourth-order valence-electron chi connectivity index (χ4n) is 2.59. The summed E-state index contributed by atoms with van der Waals surface area (Å²) in [7, 11) is 0. The van der Waals surface area contributed by atoms with Crippen molar-refractivity contribution in [3.05, 3.63) is 60.7 Å². The number of anilines is 2. The number of carboxylic acids is 1. The third-order valence-corrected chi connectivity index (χ3v) is 3.76. The second kappa shape index (κ2) is 6.04. The van der Waals surface area contributed by atoms with Crippen molar-refractivity contribution in [1.29, 1.82) is 0 Å². The number of aliphatic carboxylic acids is 1. The summed E-state index contributed by atoms with van der Waals surface area (Å²) in [6.07, 6.45) is 5.78. The van der Waals surface area contributed by atoms with Gasteiger partial charge in [-0.15, -0.1) is 0 Å². The van der Waals surface area contributed by atoms with Crippen LogP contribution in [-0.4, -0.2) is 31.0 Å². The van der Waals surface area contributed by atoms with E-state index in [9.17, 15) is 4.79 Å². The molecule has 0 atom stereocenters. The van der Waals surface area contributed by atoms with Crippen LogP contribution in [0.15, 0.2) is 55.1 Å². The second-order valence-electron chi connectivity index (χ2n) is 5.43. The fourth-order valence-corrected chi connectivity index (χ4v) is 2.59. The number of hydrogen-bond acceptors (Lipinski definition) is 5. The molecule has 0 saturated carbocycles. The molecule has 0 unspecified atom stereocenters. The van der Waals surface area contributed by atoms with Gasteiger partial charge in [0.05, 0.1) is 22.9 Å². The minimum Gasteiger partial charge on any atom is -0.478 e. The Kier molecular flexibility index (Phi) is 3.59. The Morgan fingerprint density at radius 1 is 1.08 bits per heavy atom. The monoisotopic (exact) mass is 331 g/mol. The third-order valence-electron chi connectivity index (χ3n) is 3.76. The minimum atomic E-state index is -0.991. The first-order valence-electron chi connectivity index (χ1n) is 7.55. The van der Waals surface area contributed by atoms with E-state index in [2.05, 4.69) is 25.3 Å². The van der Waals surface area contributed by atoms with E-state index in [-0.39, 0.29) is 0 Å². The summed E-state index contributed by atoms with van der Waals surface area (Å²) in [6.45, 7) is 0. The van der Waals surface area contributed by atoms with Gasteiger partial charge in [-0.2, -0.15) is 0 Å². The Morgan fingerprint density at radius 2 is 2.00 bits per heavy atom. The van der Waals surface area contributed by atoms with Crippen LogP contribution in [0.4, 0.5) is 11.5 Å². The normalized spacial score (nSPS) is 11.4. The van der Waals surface area contributed by atoms with Gasteiger partial charge in [0.2, 0.25) is 0 Å². The number of aromatic amines is 1. The molecule has 3 N–H and O–H groups in total. The molecule has 0 aliphatic rings. The predicted molar refractivity (Wildman–Crippen MR) is 95.6 cm³/mol. The van der Waals surface area contributed by atoms with Gasteiger partial charge in [-0.1, -0.05) is 6.07 Å². The molecule has 0 radical (unpaired) electrons. The molecule has 0 amide bonds. The molecule has 0 bridgehead atoms. The third kappa shape index (κ3) is 3.02. The summed E-state index contributed by atoms with van der Waals surface area (Å²) < 4.78 is 0. The zero-order valence-corrected chi connectivity index (χ0v) is 13.0. The number of hydrogen-bond donors (Lipinski definition) is 3. The number of rotatable bonds is 4. The molecule has 7 heteroatoms. The van der Waals surface area contributed by atoms with E-state index in [1.54, 1.807) is 6.33 Å². The molecule has 7 nitrogen and oxygen atoms in total. The van der Waals surface area contributed by atoms with E-state index in [1.165, 1.54) is 12.4 Å². The molecule has 0 aliphatic carbocycles. The standard InChI is InChI=1S/C18H13N5O2/c24-17(25)6-2-11-1-4-14-13(7-11)18(22-10-19-14)23-12-3-5-15-16(8-12)21-9-20-15/h1-10H,(H,20,21)(H,24,25)(H,19,22,23). The van der Waals surface area contributed by atoms with Crippen LogP contribution in [0.1, 0.15) is 5.56 Å². The number of H-pyrrole nitrogens is 1. The number of nitrogens with one attached hydrogen (secondary N) is 2. The molecule has 0 aliphatic heterocycles. The number of nitrogens with zero attached hydrogens (tertiary/aromatic N) is 3. The summed E-state index contributed by atoms with van der Waals surface area (Å²) in [4.78, 5) is 26.6. The number of carbonyl (C=O) groups is 1. The van der Waals surface area contributed by atoms with Crippen molar-refractivity contribution in [2.24, 2.45) is 0 Å². The maximum Gasteiger partial charge on any atom is 0.328 e. The Labute approximate surface area is 142 Å². The lowest BCUT2D eigenvalue weighted by Crippen LogP contribution is -1.96. The quantitative estimate of drug-likeness (QED) is 0.495. The van der Waals surface area contributed by atoms with Crippen molar-refractivity contribution >= 4 is 45.5 Å². The zero-order chi connectivity index (χ0) is 17.2. The first-order valence-corrected chi connectivity index (χ1v) is 7.55. The molecular formula is C18H13N5O2. The van der Waals surface area contributed by atoms with Crippen LogP contribution in [0.25, 0.3) is 28.0 Å².